The lowest BCUT2D eigenvalue weighted by Crippen LogP contribution is -2.45. The SMILES string of the molecule is CNC1COCC1C(=O)NCC1(C)CCCC1. The molecule has 1 aliphatic carbocycles. The number of amides is 1. The van der Waals surface area contributed by atoms with Gasteiger partial charge in [-0.2, -0.15) is 0 Å². The van der Waals surface area contributed by atoms with E-state index in [2.05, 4.69) is 17.6 Å². The third-order valence-corrected chi connectivity index (χ3v) is 4.29. The molecule has 1 aliphatic heterocycles. The molecule has 0 spiro atoms. The molecule has 0 radical (unpaired) electrons. The first kappa shape index (κ1) is 12.8. The fraction of sp³-hybridized carbons (Fsp3) is 0.923. The summed E-state index contributed by atoms with van der Waals surface area (Å²) in [7, 11) is 1.89. The fourth-order valence-electron chi connectivity index (χ4n) is 2.93. The molecule has 4 heteroatoms. The molecular formula is C13H24N2O2. The molecule has 2 atom stereocenters. The predicted molar refractivity (Wildman–Crippen MR) is 66.7 cm³/mol. The lowest BCUT2D eigenvalue weighted by atomic mass is 9.88. The van der Waals surface area contributed by atoms with Crippen molar-refractivity contribution in [2.45, 2.75) is 38.6 Å². The molecule has 0 bridgehead atoms. The molecule has 17 heavy (non-hydrogen) atoms. The summed E-state index contributed by atoms with van der Waals surface area (Å²) in [5, 5.41) is 6.26. The zero-order valence-electron chi connectivity index (χ0n) is 10.9. The molecule has 2 rings (SSSR count). The molecule has 1 saturated heterocycles. The minimum atomic E-state index is -0.0231. The van der Waals surface area contributed by atoms with Gasteiger partial charge in [-0.15, -0.1) is 0 Å². The summed E-state index contributed by atoms with van der Waals surface area (Å²) in [6.07, 6.45) is 5.09. The molecular weight excluding hydrogens is 216 g/mol. The van der Waals surface area contributed by atoms with Crippen LogP contribution in [0.25, 0.3) is 0 Å². The molecule has 0 aromatic rings. The van der Waals surface area contributed by atoms with Crippen LogP contribution in [0.15, 0.2) is 0 Å². The van der Waals surface area contributed by atoms with E-state index in [9.17, 15) is 4.79 Å². The largest absolute Gasteiger partial charge is 0.379 e. The fourth-order valence-corrected chi connectivity index (χ4v) is 2.93. The van der Waals surface area contributed by atoms with Crippen LogP contribution in [-0.4, -0.2) is 38.8 Å². The van der Waals surface area contributed by atoms with E-state index in [0.717, 1.165) is 6.54 Å². The van der Waals surface area contributed by atoms with Gasteiger partial charge < -0.3 is 15.4 Å². The summed E-state index contributed by atoms with van der Waals surface area (Å²) in [4.78, 5) is 12.1. The number of likely N-dealkylation sites (N-methyl/N-ethyl adjacent to an activating group) is 1. The maximum atomic E-state index is 12.1. The number of hydrogen-bond donors (Lipinski definition) is 2. The minimum absolute atomic E-state index is 0.0231. The second kappa shape index (κ2) is 5.36. The number of ether oxygens (including phenoxy) is 1. The summed E-state index contributed by atoms with van der Waals surface area (Å²) in [5.74, 6) is 0.125. The highest BCUT2D eigenvalue weighted by Gasteiger charge is 2.35. The zero-order chi connectivity index (χ0) is 12.3. The van der Waals surface area contributed by atoms with Gasteiger partial charge in [-0.1, -0.05) is 19.8 Å². The smallest absolute Gasteiger partial charge is 0.227 e. The van der Waals surface area contributed by atoms with E-state index in [4.69, 9.17) is 4.74 Å². The number of carbonyl (C=O) groups is 1. The van der Waals surface area contributed by atoms with Crippen LogP contribution in [-0.2, 0) is 9.53 Å². The van der Waals surface area contributed by atoms with Crippen molar-refractivity contribution in [1.82, 2.24) is 10.6 Å². The molecule has 98 valence electrons. The number of hydrogen-bond acceptors (Lipinski definition) is 3. The second-order valence-corrected chi connectivity index (χ2v) is 5.77. The maximum Gasteiger partial charge on any atom is 0.227 e. The Morgan fingerprint density at radius 2 is 2.06 bits per heavy atom. The summed E-state index contributed by atoms with van der Waals surface area (Å²) < 4.78 is 5.36. The molecule has 2 aliphatic rings. The first-order chi connectivity index (χ1) is 8.14. The van der Waals surface area contributed by atoms with E-state index in [1.807, 2.05) is 7.05 Å². The van der Waals surface area contributed by atoms with Gasteiger partial charge in [-0.05, 0) is 25.3 Å². The van der Waals surface area contributed by atoms with Gasteiger partial charge in [0.15, 0.2) is 0 Å². The van der Waals surface area contributed by atoms with Crippen LogP contribution in [0, 0.1) is 11.3 Å². The van der Waals surface area contributed by atoms with Gasteiger partial charge in [-0.25, -0.2) is 0 Å². The van der Waals surface area contributed by atoms with E-state index in [0.29, 0.717) is 18.6 Å². The normalized spacial score (nSPS) is 31.6. The number of rotatable bonds is 4. The van der Waals surface area contributed by atoms with E-state index in [1.165, 1.54) is 25.7 Å². The van der Waals surface area contributed by atoms with Crippen LogP contribution in [0.4, 0.5) is 0 Å². The highest BCUT2D eigenvalue weighted by Crippen LogP contribution is 2.36. The van der Waals surface area contributed by atoms with Gasteiger partial charge in [0, 0.05) is 12.6 Å². The first-order valence-corrected chi connectivity index (χ1v) is 6.67. The molecule has 1 heterocycles. The van der Waals surface area contributed by atoms with Gasteiger partial charge in [0.05, 0.1) is 19.1 Å². The lowest BCUT2D eigenvalue weighted by molar-refractivity contribution is -0.125. The van der Waals surface area contributed by atoms with Crippen LogP contribution in [0.5, 0.6) is 0 Å². The van der Waals surface area contributed by atoms with Crippen LogP contribution < -0.4 is 10.6 Å². The monoisotopic (exact) mass is 240 g/mol. The van der Waals surface area contributed by atoms with E-state index in [1.54, 1.807) is 0 Å². The third kappa shape index (κ3) is 2.99. The minimum Gasteiger partial charge on any atom is -0.379 e. The Morgan fingerprint density at radius 3 is 2.71 bits per heavy atom. The highest BCUT2D eigenvalue weighted by molar-refractivity contribution is 5.79. The Labute approximate surface area is 103 Å². The van der Waals surface area contributed by atoms with Crippen molar-refractivity contribution in [3.63, 3.8) is 0 Å². The van der Waals surface area contributed by atoms with Crippen molar-refractivity contribution in [3.05, 3.63) is 0 Å². The van der Waals surface area contributed by atoms with Gasteiger partial charge >= 0.3 is 0 Å². The third-order valence-electron chi connectivity index (χ3n) is 4.29. The molecule has 4 nitrogen and oxygen atoms in total. The van der Waals surface area contributed by atoms with Crippen molar-refractivity contribution in [2.24, 2.45) is 11.3 Å². The number of carbonyl (C=O) groups excluding carboxylic acids is 1. The van der Waals surface area contributed by atoms with Crippen LogP contribution in [0.1, 0.15) is 32.6 Å². The van der Waals surface area contributed by atoms with Gasteiger partial charge in [0.1, 0.15) is 0 Å². The van der Waals surface area contributed by atoms with Crippen molar-refractivity contribution >= 4 is 5.91 Å². The average molecular weight is 240 g/mol. The van der Waals surface area contributed by atoms with Gasteiger partial charge in [0.2, 0.25) is 5.91 Å². The van der Waals surface area contributed by atoms with Crippen molar-refractivity contribution in [2.75, 3.05) is 26.8 Å². The summed E-state index contributed by atoms with van der Waals surface area (Å²) in [6, 6.07) is 0.173. The van der Waals surface area contributed by atoms with E-state index in [-0.39, 0.29) is 17.9 Å². The van der Waals surface area contributed by atoms with Crippen molar-refractivity contribution in [1.29, 1.82) is 0 Å². The van der Waals surface area contributed by atoms with Crippen LogP contribution in [0.2, 0.25) is 0 Å². The Kier molecular flexibility index (Phi) is 4.05. The molecule has 1 amide bonds. The Bertz CT molecular complexity index is 275. The van der Waals surface area contributed by atoms with E-state index < -0.39 is 0 Å². The zero-order valence-corrected chi connectivity index (χ0v) is 10.9. The predicted octanol–water partition coefficient (Wildman–Crippen LogP) is 0.917. The molecule has 1 saturated carbocycles. The second-order valence-electron chi connectivity index (χ2n) is 5.77. The summed E-state index contributed by atoms with van der Waals surface area (Å²) in [6.45, 7) is 4.29. The van der Waals surface area contributed by atoms with Gasteiger partial charge in [0.25, 0.3) is 0 Å². The quantitative estimate of drug-likeness (QED) is 0.768. The van der Waals surface area contributed by atoms with Gasteiger partial charge in [-0.3, -0.25) is 4.79 Å². The standard InChI is InChI=1S/C13H24N2O2/c1-13(5-3-4-6-13)9-15-12(16)10-7-17-8-11(10)14-2/h10-11,14H,3-9H2,1-2H3,(H,15,16). The van der Waals surface area contributed by atoms with E-state index >= 15 is 0 Å². The Morgan fingerprint density at radius 1 is 1.35 bits per heavy atom. The molecule has 0 aromatic heterocycles. The summed E-state index contributed by atoms with van der Waals surface area (Å²) in [5.41, 5.74) is 0.324. The van der Waals surface area contributed by atoms with Crippen molar-refractivity contribution in [3.8, 4) is 0 Å². The first-order valence-electron chi connectivity index (χ1n) is 6.67. The molecule has 0 aromatic carbocycles. The highest BCUT2D eigenvalue weighted by atomic mass is 16.5. The maximum absolute atomic E-state index is 12.1. The van der Waals surface area contributed by atoms with Crippen LogP contribution in [0.3, 0.4) is 0 Å². The molecule has 2 fully saturated rings. The Hall–Kier alpha value is -0.610. The molecule has 2 N–H and O–H groups in total. The topological polar surface area (TPSA) is 50.4 Å². The lowest BCUT2D eigenvalue weighted by Gasteiger charge is -2.25. The molecule has 2 unspecified atom stereocenters. The van der Waals surface area contributed by atoms with Crippen molar-refractivity contribution < 1.29 is 9.53 Å². The average Bonchev–Trinajstić information content (AvgIpc) is 2.95. The summed E-state index contributed by atoms with van der Waals surface area (Å²) >= 11 is 0. The van der Waals surface area contributed by atoms with Crippen LogP contribution >= 0.6 is 0 Å². The number of nitrogens with one attached hydrogen (secondary N) is 2. The Balaban J connectivity index is 1.80.